The monoisotopic (exact) mass is 1590 g/mol. The Morgan fingerprint density at radius 2 is 0.518 bits per heavy atom. The standard InChI is InChI=1S/6C13H13N3O3/c6*14-9-3-1-2-7-8(9)6-16(13(7)19)10-4-5-11(17)15-12(10)18/h6*1-3,10H,4-6,14H2,(H,15,17,18)/t4*10-;;/m1100../s1/i4D2,5D2,6D2,10D;1D,2D,3D,6D2;4D2,5D2,6D2,10D;1D,2D,3D,6D2;4D2,5D2,6D2,10D;1D,2D,3D,6D2. The van der Waals surface area contributed by atoms with Crippen LogP contribution in [-0.4, -0.2) is 172 Å². The van der Waals surface area contributed by atoms with Crippen LogP contribution >= 0.6 is 0 Å². The largest absolute Gasteiger partial charge is 0.398 e. The summed E-state index contributed by atoms with van der Waals surface area (Å²) in [5.74, 6) is -20.2. The third-order valence-electron chi connectivity index (χ3n) is 17.4. The Morgan fingerprint density at radius 1 is 0.289 bits per heavy atom. The molecule has 0 bridgehead atoms. The molecule has 0 saturated carbocycles. The molecule has 0 radical (unpaired) electrons. The van der Waals surface area contributed by atoms with E-state index in [0.29, 0.717) is 14.7 Å². The van der Waals surface area contributed by atoms with Crippen molar-refractivity contribution >= 4 is 140 Å². The van der Waals surface area contributed by atoms with Gasteiger partial charge in [0.15, 0.2) is 0 Å². The Kier molecular flexibility index (Phi) is 12.5. The quantitative estimate of drug-likeness (QED) is 0.0781. The zero-order valence-electron chi connectivity index (χ0n) is 93.7. The minimum Gasteiger partial charge on any atom is -0.398 e. The van der Waals surface area contributed by atoms with Crippen LogP contribution in [0.3, 0.4) is 0 Å². The van der Waals surface area contributed by atoms with Crippen LogP contribution in [0.2, 0.25) is 0 Å². The van der Waals surface area contributed by atoms with Gasteiger partial charge in [0.05, 0.1) is 32.9 Å². The SMILES string of the molecule is [2H]C1([2H])c2c(N)cccc2C(=O)N1C1([2H])C(=O)NC(=O)C([2H])([2H])C1([2H])[2H].[2H]C1([2H])c2c(N)cccc2C(=O)N1[C@@]1([2H])C(=O)NC(=O)C([2H])([2H])C1([2H])[2H].[2H]C1([2H])c2c(N)cccc2C(=O)N1[C@]1([2H])C(=O)NC(=O)C([2H])([2H])C1([2H])[2H].[2H]c1c([2H])c(N)c2c(c1[2H])C(=O)N(C1CCC(=O)NC1=O)C2([2H])[2H].[2H]c1c([2H])c(N)c2c(c1[2H])C(=O)N([C@@H]1CCC(=O)NC1=O)C2([2H])[2H].[2H]c1c([2H])c(N)c2c(c1[2H])C(=O)N([C@H]1CCC(=O)NC1=O)C2([2H])[2H]. The maximum absolute atomic E-state index is 12.8. The number of carbonyl (C=O) groups is 18. The average Bonchev–Trinajstić information content (AvgIpc) is 1.45. The number of benzene rings is 6. The highest BCUT2D eigenvalue weighted by molar-refractivity contribution is 6.11. The molecule has 0 aromatic heterocycles. The average molecular weight is 1590 g/mol. The summed E-state index contributed by atoms with van der Waals surface area (Å²) in [6.45, 7) is -16.3. The minimum absolute atomic E-state index is 0.000625. The van der Waals surface area contributed by atoms with Gasteiger partial charge >= 0.3 is 0 Å². The van der Waals surface area contributed by atoms with Gasteiger partial charge in [0.25, 0.3) is 35.4 Å². The first-order valence-electron chi connectivity index (χ1n) is 50.9. The number of nitrogens with two attached hydrogens (primary N) is 6. The number of nitrogen functional groups attached to an aromatic ring is 6. The number of hydrogen-bond acceptors (Lipinski definition) is 24. The lowest BCUT2D eigenvalue weighted by Gasteiger charge is -2.29. The minimum atomic E-state index is -3.56. The third kappa shape index (κ3) is 15.4. The summed E-state index contributed by atoms with van der Waals surface area (Å²) in [4.78, 5) is 220. The van der Waals surface area contributed by atoms with Crippen molar-refractivity contribution < 1.29 is 136 Å². The van der Waals surface area contributed by atoms with Crippen LogP contribution in [0.1, 0.15) is 222 Å². The van der Waals surface area contributed by atoms with Gasteiger partial charge in [0.2, 0.25) is 70.9 Å². The van der Waals surface area contributed by atoms with Crippen LogP contribution in [0.5, 0.6) is 0 Å². The second-order valence-corrected chi connectivity index (χ2v) is 24.6. The number of nitrogens with zero attached hydrogens (tertiary/aromatic N) is 6. The van der Waals surface area contributed by atoms with E-state index >= 15 is 0 Å². The number of rotatable bonds is 6. The van der Waals surface area contributed by atoms with E-state index in [-0.39, 0.29) is 120 Å². The summed E-state index contributed by atoms with van der Waals surface area (Å²) in [5.41, 5.74) is 28.4. The maximum Gasteiger partial charge on any atom is 0.255 e. The zero-order valence-corrected chi connectivity index (χ0v) is 57.7. The predicted molar refractivity (Wildman–Crippen MR) is 401 cm³/mol. The van der Waals surface area contributed by atoms with Crippen LogP contribution in [0, 0.1) is 0 Å². The summed E-state index contributed by atoms with van der Waals surface area (Å²) < 4.78 is 287. The Hall–Kier alpha value is -14.2. The van der Waals surface area contributed by atoms with Gasteiger partial charge in [0.1, 0.15) is 36.2 Å². The van der Waals surface area contributed by atoms with Gasteiger partial charge in [-0.25, -0.2) is 0 Å². The van der Waals surface area contributed by atoms with E-state index in [1.807, 2.05) is 0 Å². The molecule has 6 saturated heterocycles. The second kappa shape index (κ2) is 32.0. The second-order valence-electron chi connectivity index (χ2n) is 24.6. The molecule has 12 aliphatic heterocycles. The lowest BCUT2D eigenvalue weighted by molar-refractivity contribution is -0.138. The van der Waals surface area contributed by atoms with E-state index in [1.54, 1.807) is 0 Å². The lowest BCUT2D eigenvalue weighted by atomic mass is 10.0. The van der Waals surface area contributed by atoms with Gasteiger partial charge in [-0.3, -0.25) is 118 Å². The molecular weight excluding hydrogens is 1480 g/mol. The Bertz CT molecular complexity index is 6530. The fraction of sp³-hybridized carbons (Fsp3) is 0.308. The van der Waals surface area contributed by atoms with E-state index in [4.69, 9.17) is 83.7 Å². The van der Waals surface area contributed by atoms with Crippen molar-refractivity contribution in [3.63, 3.8) is 0 Å². The van der Waals surface area contributed by atoms with Crippen molar-refractivity contribution in [3.8, 4) is 0 Å². The molecule has 18 N–H and O–H groups in total. The molecule has 18 rings (SSSR count). The van der Waals surface area contributed by atoms with Gasteiger partial charge in [-0.05, 0) is 111 Å². The maximum atomic E-state index is 12.8. The van der Waals surface area contributed by atoms with Gasteiger partial charge < -0.3 is 63.8 Å². The Morgan fingerprint density at radius 3 is 0.763 bits per heavy atom. The van der Waals surface area contributed by atoms with E-state index in [1.165, 1.54) is 70.5 Å². The van der Waals surface area contributed by atoms with Crippen LogP contribution in [0.15, 0.2) is 109 Å². The number of nitrogens with one attached hydrogen (secondary N) is 6. The van der Waals surface area contributed by atoms with Gasteiger partial charge in [0, 0.05) is 195 Å². The topological polar surface area (TPSA) is 555 Å². The van der Waals surface area contributed by atoms with Crippen LogP contribution in [0.4, 0.5) is 34.1 Å². The van der Waals surface area contributed by atoms with Crippen LogP contribution in [-0.2, 0) is 96.5 Å². The summed E-state index contributed by atoms with van der Waals surface area (Å²) in [7, 11) is 0. The summed E-state index contributed by atoms with van der Waals surface area (Å²) in [6, 6.07) is -7.59. The summed E-state index contributed by atoms with van der Waals surface area (Å²) >= 11 is 0. The molecule has 0 aliphatic carbocycles. The molecule has 114 heavy (non-hydrogen) atoms. The number of anilines is 6. The Balaban J connectivity index is 0.000000150. The van der Waals surface area contributed by atoms with E-state index in [2.05, 4.69) is 16.0 Å². The number of fused-ring (bicyclic) bond motifs is 6. The van der Waals surface area contributed by atoms with E-state index in [0.717, 1.165) is 0 Å². The molecule has 18 amide bonds. The predicted octanol–water partition coefficient (Wildman–Crippen LogP) is 0.179. The number of carbonyl (C=O) groups excluding carboxylic acids is 18. The number of hydrogen-bond donors (Lipinski definition) is 12. The molecule has 36 heteroatoms. The van der Waals surface area contributed by atoms with Crippen molar-refractivity contribution in [1.29, 1.82) is 0 Å². The molecule has 6 atom stereocenters. The fourth-order valence-electron chi connectivity index (χ4n) is 11.9. The van der Waals surface area contributed by atoms with Crippen molar-refractivity contribution in [2.45, 2.75) is 152 Å². The van der Waals surface area contributed by atoms with Crippen molar-refractivity contribution in [2.75, 3.05) is 34.4 Å². The third-order valence-corrected chi connectivity index (χ3v) is 17.4. The molecule has 12 aliphatic rings. The summed E-state index contributed by atoms with van der Waals surface area (Å²) in [5, 5.41) is 10.7. The number of piperidine rings is 6. The highest BCUT2D eigenvalue weighted by Crippen LogP contribution is 2.37. The number of amides is 18. The summed E-state index contributed by atoms with van der Waals surface area (Å²) in [6.07, 6.45) is -21.1. The molecule has 36 nitrogen and oxygen atoms in total. The molecule has 6 fully saturated rings. The van der Waals surface area contributed by atoms with E-state index in [9.17, 15) is 86.3 Å². The van der Waals surface area contributed by atoms with Gasteiger partial charge in [-0.1, -0.05) is 36.3 Å². The molecule has 6 aromatic carbocycles. The molecule has 12 heterocycles. The first-order chi connectivity index (χ1) is 68.4. The first kappa shape index (κ1) is 44.6. The highest BCUT2D eigenvalue weighted by atomic mass is 16.2. The van der Waals surface area contributed by atoms with Crippen LogP contribution in [0.25, 0.3) is 0 Å². The van der Waals surface area contributed by atoms with Crippen molar-refractivity contribution in [2.24, 2.45) is 0 Å². The Labute approximate surface area is 698 Å². The number of imide groups is 6. The van der Waals surface area contributed by atoms with Crippen molar-refractivity contribution in [3.05, 3.63) is 176 Å². The van der Waals surface area contributed by atoms with E-state index < -0.39 is 308 Å². The fourth-order valence-corrected chi connectivity index (χ4v) is 11.9. The smallest absolute Gasteiger partial charge is 0.255 e. The first-order valence-corrected chi connectivity index (χ1v) is 32.9. The molecule has 2 unspecified atom stereocenters. The molecular formula is C78H78N18O18. The molecule has 6 aromatic rings. The van der Waals surface area contributed by atoms with Crippen molar-refractivity contribution in [1.82, 2.24) is 61.3 Å². The lowest BCUT2D eigenvalue weighted by Crippen LogP contribution is -2.52. The van der Waals surface area contributed by atoms with Crippen LogP contribution < -0.4 is 66.3 Å². The zero-order chi connectivity index (χ0) is 114. The van der Waals surface area contributed by atoms with Gasteiger partial charge in [-0.2, -0.15) is 0 Å². The van der Waals surface area contributed by atoms with Gasteiger partial charge in [-0.15, -0.1) is 0 Å². The molecule has 588 valence electrons. The molecule has 0 spiro atoms. The highest BCUT2D eigenvalue weighted by Gasteiger charge is 2.46. The normalized spacial score (nSPS) is 34.3.